The highest BCUT2D eigenvalue weighted by atomic mass is 32.1. The van der Waals surface area contributed by atoms with E-state index in [0.717, 1.165) is 5.56 Å². The third-order valence-electron chi connectivity index (χ3n) is 2.28. The lowest BCUT2D eigenvalue weighted by atomic mass is 10.2. The summed E-state index contributed by atoms with van der Waals surface area (Å²) in [6, 6.07) is 1.84. The summed E-state index contributed by atoms with van der Waals surface area (Å²) >= 11 is 1.51. The van der Waals surface area contributed by atoms with Gasteiger partial charge in [-0.2, -0.15) is 11.3 Å². The topological polar surface area (TPSA) is 104 Å². The Kier molecular flexibility index (Phi) is 3.40. The molecule has 0 aliphatic rings. The number of aliphatic hydroxyl groups excluding tert-OH is 1. The van der Waals surface area contributed by atoms with Gasteiger partial charge in [-0.3, -0.25) is 4.79 Å². The summed E-state index contributed by atoms with van der Waals surface area (Å²) in [6.07, 6.45) is 0.611. The maximum Gasteiger partial charge on any atom is 0.276 e. The lowest BCUT2D eigenvalue weighted by molar-refractivity contribution is 0.192. The summed E-state index contributed by atoms with van der Waals surface area (Å²) in [7, 11) is 0. The minimum Gasteiger partial charge on any atom is -0.391 e. The van der Waals surface area contributed by atoms with Crippen molar-refractivity contribution in [1.29, 1.82) is 0 Å². The number of nitrogens with zero attached hydrogens (tertiary/aromatic N) is 1. The molecule has 0 spiro atoms. The van der Waals surface area contributed by atoms with Gasteiger partial charge in [-0.15, -0.1) is 0 Å². The summed E-state index contributed by atoms with van der Waals surface area (Å²) in [5, 5.41) is 16.4. The van der Waals surface area contributed by atoms with Gasteiger partial charge in [-0.1, -0.05) is 0 Å². The van der Waals surface area contributed by atoms with Crippen molar-refractivity contribution in [3.63, 3.8) is 0 Å². The second kappa shape index (κ2) is 4.98. The number of aromatic amines is 1. The van der Waals surface area contributed by atoms with E-state index in [-0.39, 0.29) is 18.1 Å². The zero-order valence-electron chi connectivity index (χ0n) is 8.88. The third kappa shape index (κ3) is 2.63. The predicted molar refractivity (Wildman–Crippen MR) is 67.0 cm³/mol. The van der Waals surface area contributed by atoms with E-state index in [1.54, 1.807) is 0 Å². The van der Waals surface area contributed by atoms with Gasteiger partial charge in [0, 0.05) is 6.54 Å². The third-order valence-corrected chi connectivity index (χ3v) is 2.98. The average molecular weight is 252 g/mol. The first-order chi connectivity index (χ1) is 8.18. The molecule has 0 radical (unpaired) electrons. The van der Waals surface area contributed by atoms with Gasteiger partial charge in [0.2, 0.25) is 0 Å². The molecule has 5 N–H and O–H groups in total. The molecule has 7 heteroatoms. The van der Waals surface area contributed by atoms with E-state index in [1.165, 1.54) is 17.7 Å². The molecule has 0 aliphatic heterocycles. The van der Waals surface area contributed by atoms with Crippen LogP contribution in [0.2, 0.25) is 0 Å². The normalized spacial score (nSPS) is 12.3. The van der Waals surface area contributed by atoms with Crippen molar-refractivity contribution in [2.24, 2.45) is 0 Å². The summed E-state index contributed by atoms with van der Waals surface area (Å²) in [5.74, 6) is 0.281. The summed E-state index contributed by atoms with van der Waals surface area (Å²) in [6.45, 7) is 0.247. The summed E-state index contributed by atoms with van der Waals surface area (Å²) in [5.41, 5.74) is 5.99. The van der Waals surface area contributed by atoms with Crippen LogP contribution in [0.3, 0.4) is 0 Å². The molecule has 0 aliphatic carbocycles. The number of thiophene rings is 1. The van der Waals surface area contributed by atoms with Gasteiger partial charge >= 0.3 is 0 Å². The van der Waals surface area contributed by atoms with E-state index >= 15 is 0 Å². The van der Waals surface area contributed by atoms with E-state index in [4.69, 9.17) is 5.73 Å². The van der Waals surface area contributed by atoms with Gasteiger partial charge in [0.25, 0.3) is 5.56 Å². The second-order valence-corrected chi connectivity index (χ2v) is 4.23. The number of aromatic nitrogens is 2. The molecule has 2 heterocycles. The first-order valence-electron chi connectivity index (χ1n) is 4.95. The number of hydrogen-bond acceptors (Lipinski definition) is 6. The van der Waals surface area contributed by atoms with Crippen molar-refractivity contribution < 1.29 is 5.11 Å². The van der Waals surface area contributed by atoms with Crippen LogP contribution in [0.1, 0.15) is 11.7 Å². The van der Waals surface area contributed by atoms with E-state index in [1.807, 2.05) is 16.8 Å². The Labute approximate surface area is 101 Å². The van der Waals surface area contributed by atoms with E-state index in [2.05, 4.69) is 15.3 Å². The Morgan fingerprint density at radius 2 is 2.47 bits per heavy atom. The monoisotopic (exact) mass is 252 g/mol. The van der Waals surface area contributed by atoms with Gasteiger partial charge in [0.1, 0.15) is 5.69 Å². The molecule has 2 aromatic rings. The molecule has 90 valence electrons. The highest BCUT2D eigenvalue weighted by molar-refractivity contribution is 7.07. The molecule has 1 atom stereocenters. The highest BCUT2D eigenvalue weighted by Crippen LogP contribution is 2.17. The number of H-pyrrole nitrogens is 1. The van der Waals surface area contributed by atoms with Gasteiger partial charge in [0.05, 0.1) is 12.4 Å². The predicted octanol–water partition coefficient (Wildman–Crippen LogP) is 0.559. The zero-order valence-corrected chi connectivity index (χ0v) is 9.70. The largest absolute Gasteiger partial charge is 0.391 e. The first-order valence-corrected chi connectivity index (χ1v) is 5.90. The van der Waals surface area contributed by atoms with Crippen molar-refractivity contribution in [3.05, 3.63) is 39.1 Å². The van der Waals surface area contributed by atoms with Crippen LogP contribution in [-0.4, -0.2) is 21.6 Å². The molecule has 0 saturated carbocycles. The SMILES string of the molecule is Nc1c(NCC(O)c2ccsc2)nc[nH]c1=O. The number of nitrogens with two attached hydrogens (primary N) is 1. The molecule has 0 aromatic carbocycles. The van der Waals surface area contributed by atoms with E-state index in [0.29, 0.717) is 0 Å². The maximum atomic E-state index is 11.2. The standard InChI is InChI=1S/C10H12N4O2S/c11-8-9(13-5-14-10(8)16)12-3-7(15)6-1-2-17-4-6/h1-2,4-5,7,15H,3,11H2,(H2,12,13,14,16). The number of nitrogens with one attached hydrogen (secondary N) is 2. The molecule has 2 rings (SSSR count). The highest BCUT2D eigenvalue weighted by Gasteiger charge is 2.09. The van der Waals surface area contributed by atoms with Crippen LogP contribution in [0, 0.1) is 0 Å². The number of nitrogen functional groups attached to an aromatic ring is 1. The summed E-state index contributed by atoms with van der Waals surface area (Å²) < 4.78 is 0. The van der Waals surface area contributed by atoms with Crippen LogP contribution in [0.4, 0.5) is 11.5 Å². The van der Waals surface area contributed by atoms with Crippen LogP contribution >= 0.6 is 11.3 Å². The van der Waals surface area contributed by atoms with Crippen molar-refractivity contribution >= 4 is 22.8 Å². The van der Waals surface area contributed by atoms with Crippen molar-refractivity contribution in [2.45, 2.75) is 6.10 Å². The second-order valence-electron chi connectivity index (χ2n) is 3.45. The Morgan fingerprint density at radius 1 is 1.65 bits per heavy atom. The zero-order chi connectivity index (χ0) is 12.3. The van der Waals surface area contributed by atoms with Crippen molar-refractivity contribution in [2.75, 3.05) is 17.6 Å². The van der Waals surface area contributed by atoms with Crippen LogP contribution in [0.5, 0.6) is 0 Å². The van der Waals surface area contributed by atoms with Crippen LogP contribution in [0.25, 0.3) is 0 Å². The molecule has 0 bridgehead atoms. The van der Waals surface area contributed by atoms with Crippen molar-refractivity contribution in [1.82, 2.24) is 9.97 Å². The number of rotatable bonds is 4. The fourth-order valence-corrected chi connectivity index (χ4v) is 2.03. The van der Waals surface area contributed by atoms with Crippen LogP contribution < -0.4 is 16.6 Å². The minimum absolute atomic E-state index is 0.0185. The number of aliphatic hydroxyl groups is 1. The lowest BCUT2D eigenvalue weighted by Crippen LogP contribution is -2.19. The smallest absolute Gasteiger partial charge is 0.276 e. The van der Waals surface area contributed by atoms with E-state index < -0.39 is 11.7 Å². The molecule has 2 aromatic heterocycles. The van der Waals surface area contributed by atoms with Gasteiger partial charge in [0.15, 0.2) is 5.82 Å². The molecule has 0 amide bonds. The van der Waals surface area contributed by atoms with Gasteiger partial charge in [-0.25, -0.2) is 4.98 Å². The quantitative estimate of drug-likeness (QED) is 0.636. The fourth-order valence-electron chi connectivity index (χ4n) is 1.33. The Morgan fingerprint density at radius 3 is 3.18 bits per heavy atom. The van der Waals surface area contributed by atoms with Crippen LogP contribution in [0.15, 0.2) is 27.9 Å². The van der Waals surface area contributed by atoms with Crippen LogP contribution in [-0.2, 0) is 0 Å². The van der Waals surface area contributed by atoms with Gasteiger partial charge in [-0.05, 0) is 22.4 Å². The lowest BCUT2D eigenvalue weighted by Gasteiger charge is -2.11. The Bertz CT molecular complexity index is 537. The molecule has 6 nitrogen and oxygen atoms in total. The maximum absolute atomic E-state index is 11.2. The van der Waals surface area contributed by atoms with E-state index in [9.17, 15) is 9.90 Å². The molecular weight excluding hydrogens is 240 g/mol. The van der Waals surface area contributed by atoms with Gasteiger partial charge < -0.3 is 21.1 Å². The average Bonchev–Trinajstić information content (AvgIpc) is 2.84. The Balaban J connectivity index is 2.03. The molecule has 1 unspecified atom stereocenters. The molecule has 17 heavy (non-hydrogen) atoms. The van der Waals surface area contributed by atoms with Crippen molar-refractivity contribution in [3.8, 4) is 0 Å². The first kappa shape index (κ1) is 11.6. The molecule has 0 fully saturated rings. The number of hydrogen-bond donors (Lipinski definition) is 4. The fraction of sp³-hybridized carbons (Fsp3) is 0.200. The molecule has 0 saturated heterocycles. The minimum atomic E-state index is -0.651. The number of anilines is 2. The molecular formula is C10H12N4O2S. The Hall–Kier alpha value is -1.86. The summed E-state index contributed by atoms with van der Waals surface area (Å²) in [4.78, 5) is 17.4.